The normalized spacial score (nSPS) is 14.4. The molecule has 240 valence electrons. The van der Waals surface area contributed by atoms with Crippen molar-refractivity contribution in [3.05, 3.63) is 33.8 Å². The van der Waals surface area contributed by atoms with Gasteiger partial charge in [-0.1, -0.05) is 94.1 Å². The van der Waals surface area contributed by atoms with Crippen LogP contribution in [-0.4, -0.2) is 43.8 Å². The molecule has 0 aromatic carbocycles. The van der Waals surface area contributed by atoms with Crippen LogP contribution in [0, 0.1) is 34.5 Å². The molecule has 0 amide bonds. The number of nitrogens with one attached hydrogen (secondary N) is 2. The highest BCUT2D eigenvalue weighted by atomic mass is 32.1. The fraction of sp³-hybridized carbons (Fsp3) is 0.743. The summed E-state index contributed by atoms with van der Waals surface area (Å²) in [5.74, 6) is 3.23. The van der Waals surface area contributed by atoms with Crippen molar-refractivity contribution in [1.82, 2.24) is 10.3 Å². The molecule has 0 aliphatic rings. The van der Waals surface area contributed by atoms with Gasteiger partial charge in [-0.2, -0.15) is 0 Å². The second kappa shape index (κ2) is 28.5. The van der Waals surface area contributed by atoms with Crippen LogP contribution < -0.4 is 5.32 Å². The predicted octanol–water partition coefficient (Wildman–Crippen LogP) is 9.66. The lowest BCUT2D eigenvalue weighted by Gasteiger charge is -2.35. The van der Waals surface area contributed by atoms with E-state index in [1.54, 1.807) is 11.3 Å². The summed E-state index contributed by atoms with van der Waals surface area (Å²) < 4.78 is 0. The number of aliphatic hydroxyl groups is 1. The van der Waals surface area contributed by atoms with Crippen LogP contribution in [0.5, 0.6) is 0 Å². The van der Waals surface area contributed by atoms with Crippen LogP contribution in [0.3, 0.4) is 0 Å². The average molecular weight is 594 g/mol. The molecular formula is C35H67N3O2S. The van der Waals surface area contributed by atoms with E-state index in [0.717, 1.165) is 55.7 Å². The monoisotopic (exact) mass is 593 g/mol. The maximum Gasteiger partial charge on any atom is 0.116 e. The van der Waals surface area contributed by atoms with E-state index in [1.165, 1.54) is 55.2 Å². The van der Waals surface area contributed by atoms with Crippen LogP contribution in [0.25, 0.3) is 6.08 Å². The zero-order valence-electron chi connectivity index (χ0n) is 28.7. The Morgan fingerprint density at radius 3 is 2.12 bits per heavy atom. The molecule has 41 heavy (non-hydrogen) atoms. The first-order valence-corrected chi connectivity index (χ1v) is 16.6. The van der Waals surface area contributed by atoms with E-state index in [4.69, 9.17) is 15.3 Å². The lowest BCUT2D eigenvalue weighted by molar-refractivity contribution is -0.0980. The maximum atomic E-state index is 8.00. The molecule has 0 aliphatic carbocycles. The molecule has 0 fully saturated rings. The standard InChI is InChI=1S/C17H36.C16H25N3S.CH4O.CH2O/c1-8-11-15(10-3)13-16(17(5,6)7)12-14(4)9-2;1-4-13(9-11-18-3)14(8-10-17)6-7-16-19-12-15(5-2)20-16;2*1-2/h14-16H,8-13H2,1-7H3;6-8,10,12-13,17-18H,4-5,9,11H2,1-3H3;2H,1H3;1H2/b;7-6+,14-8+,17-10?;;/t14-,15?,16?;;;/m1.../s1. The van der Waals surface area contributed by atoms with Gasteiger partial charge in [0.2, 0.25) is 0 Å². The Labute approximate surface area is 259 Å². The van der Waals surface area contributed by atoms with Gasteiger partial charge < -0.3 is 20.6 Å². The summed E-state index contributed by atoms with van der Waals surface area (Å²) in [6, 6.07) is 0. The van der Waals surface area contributed by atoms with Crippen LogP contribution in [0.15, 0.2) is 23.9 Å². The first kappa shape index (κ1) is 43.8. The Hall–Kier alpha value is -1.63. The third-order valence-electron chi connectivity index (χ3n) is 7.82. The molecule has 0 aliphatic heterocycles. The lowest BCUT2D eigenvalue weighted by Crippen LogP contribution is -2.25. The van der Waals surface area contributed by atoms with Gasteiger partial charge >= 0.3 is 0 Å². The summed E-state index contributed by atoms with van der Waals surface area (Å²) >= 11 is 1.74. The third kappa shape index (κ3) is 21.7. The van der Waals surface area contributed by atoms with Crippen molar-refractivity contribution < 1.29 is 9.90 Å². The molecule has 1 rings (SSSR count). The summed E-state index contributed by atoms with van der Waals surface area (Å²) in [6.45, 7) is 24.1. The quantitative estimate of drug-likeness (QED) is 0.124. The summed E-state index contributed by atoms with van der Waals surface area (Å²) in [6.07, 6.45) is 20.9. The van der Waals surface area contributed by atoms with Gasteiger partial charge in [-0.25, -0.2) is 4.98 Å². The van der Waals surface area contributed by atoms with E-state index < -0.39 is 0 Å². The number of allylic oxidation sites excluding steroid dienone is 3. The highest BCUT2D eigenvalue weighted by Gasteiger charge is 2.27. The van der Waals surface area contributed by atoms with Gasteiger partial charge in [-0.05, 0) is 92.5 Å². The number of hydrogen-bond acceptors (Lipinski definition) is 6. The minimum absolute atomic E-state index is 0.477. The Morgan fingerprint density at radius 2 is 1.71 bits per heavy atom. The molecule has 4 atom stereocenters. The summed E-state index contributed by atoms with van der Waals surface area (Å²) in [7, 11) is 2.98. The van der Waals surface area contributed by atoms with Crippen molar-refractivity contribution in [2.24, 2.45) is 29.1 Å². The molecule has 0 saturated carbocycles. The van der Waals surface area contributed by atoms with E-state index in [0.29, 0.717) is 11.3 Å². The van der Waals surface area contributed by atoms with Gasteiger partial charge in [0.25, 0.3) is 0 Å². The first-order chi connectivity index (χ1) is 19.6. The smallest absolute Gasteiger partial charge is 0.116 e. The van der Waals surface area contributed by atoms with Gasteiger partial charge in [0.15, 0.2) is 0 Å². The first-order valence-electron chi connectivity index (χ1n) is 15.8. The van der Waals surface area contributed by atoms with Crippen molar-refractivity contribution in [2.75, 3.05) is 20.7 Å². The topological polar surface area (TPSA) is 86.1 Å². The van der Waals surface area contributed by atoms with Gasteiger partial charge in [-0.15, -0.1) is 11.3 Å². The minimum atomic E-state index is 0.477. The number of aromatic nitrogens is 1. The summed E-state index contributed by atoms with van der Waals surface area (Å²) in [5, 5.41) is 18.6. The maximum absolute atomic E-state index is 8.00. The molecule has 1 heterocycles. The molecule has 0 spiro atoms. The van der Waals surface area contributed by atoms with E-state index in [2.05, 4.69) is 84.8 Å². The zero-order chi connectivity index (χ0) is 32.3. The van der Waals surface area contributed by atoms with Gasteiger partial charge in [0.05, 0.1) is 0 Å². The van der Waals surface area contributed by atoms with E-state index >= 15 is 0 Å². The molecule has 6 heteroatoms. The number of aliphatic hydroxyl groups excluding tert-OH is 1. The second-order valence-corrected chi connectivity index (χ2v) is 12.9. The number of aryl methyl sites for hydroxylation is 1. The van der Waals surface area contributed by atoms with Crippen LogP contribution in [0.2, 0.25) is 0 Å². The molecule has 0 radical (unpaired) electrons. The van der Waals surface area contributed by atoms with E-state index in [9.17, 15) is 0 Å². The van der Waals surface area contributed by atoms with Crippen molar-refractivity contribution in [1.29, 1.82) is 5.41 Å². The average Bonchev–Trinajstić information content (AvgIpc) is 3.45. The molecule has 3 unspecified atom stereocenters. The van der Waals surface area contributed by atoms with Crippen LogP contribution in [0.1, 0.15) is 124 Å². The SMILES string of the molecule is C=O.CCCC(CC)CC(C[C@H](C)CC)C(C)(C)C.CCc1cnc(/C=C/C(=C\C=N)C(CC)CCNC)s1.CO. The van der Waals surface area contributed by atoms with Gasteiger partial charge in [0, 0.05) is 24.4 Å². The number of hydrogen-bond donors (Lipinski definition) is 3. The molecule has 0 saturated heterocycles. The number of nitrogens with zero attached hydrogens (tertiary/aromatic N) is 1. The highest BCUT2D eigenvalue weighted by molar-refractivity contribution is 7.12. The molecule has 5 nitrogen and oxygen atoms in total. The van der Waals surface area contributed by atoms with Crippen LogP contribution in [-0.2, 0) is 11.2 Å². The minimum Gasteiger partial charge on any atom is -0.400 e. The van der Waals surface area contributed by atoms with Crippen molar-refractivity contribution in [3.8, 4) is 0 Å². The Morgan fingerprint density at radius 1 is 1.07 bits per heavy atom. The molecule has 1 aromatic heterocycles. The number of thiazole rings is 1. The zero-order valence-corrected chi connectivity index (χ0v) is 29.5. The van der Waals surface area contributed by atoms with Crippen molar-refractivity contribution in [2.45, 2.75) is 120 Å². The molecule has 0 bridgehead atoms. The van der Waals surface area contributed by atoms with E-state index in [-0.39, 0.29) is 0 Å². The van der Waals surface area contributed by atoms with Crippen LogP contribution >= 0.6 is 11.3 Å². The Balaban J connectivity index is -0.000000635. The molecule has 1 aromatic rings. The molecular weight excluding hydrogens is 526 g/mol. The van der Waals surface area contributed by atoms with E-state index in [1.807, 2.05) is 26.1 Å². The summed E-state index contributed by atoms with van der Waals surface area (Å²) in [5.41, 5.74) is 1.69. The Kier molecular flexibility index (Phi) is 30.4. The fourth-order valence-electron chi connectivity index (χ4n) is 4.83. The number of carbonyl (C=O) groups excluding carboxylic acids is 1. The largest absolute Gasteiger partial charge is 0.400 e. The summed E-state index contributed by atoms with van der Waals surface area (Å²) in [4.78, 5) is 13.7. The second-order valence-electron chi connectivity index (χ2n) is 11.8. The van der Waals surface area contributed by atoms with Gasteiger partial charge in [-0.3, -0.25) is 0 Å². The third-order valence-corrected chi connectivity index (χ3v) is 8.93. The Bertz CT molecular complexity index is 783. The van der Waals surface area contributed by atoms with Crippen LogP contribution in [0.4, 0.5) is 0 Å². The van der Waals surface area contributed by atoms with Gasteiger partial charge in [0.1, 0.15) is 11.8 Å². The fourth-order valence-corrected chi connectivity index (χ4v) is 5.59. The number of rotatable bonds is 17. The lowest BCUT2D eigenvalue weighted by atomic mass is 9.70. The predicted molar refractivity (Wildman–Crippen MR) is 185 cm³/mol. The highest BCUT2D eigenvalue weighted by Crippen LogP contribution is 2.38. The van der Waals surface area contributed by atoms with Crippen molar-refractivity contribution in [3.63, 3.8) is 0 Å². The number of carbonyl (C=O) groups is 1. The molecule has 3 N–H and O–H groups in total. The van der Waals surface area contributed by atoms with Crippen molar-refractivity contribution >= 4 is 30.4 Å².